The van der Waals surface area contributed by atoms with E-state index >= 15 is 0 Å². The zero-order chi connectivity index (χ0) is 15.1. The molecule has 2 rings (SSSR count). The minimum absolute atomic E-state index is 0.0872. The lowest BCUT2D eigenvalue weighted by molar-refractivity contribution is 0.00259. The van der Waals surface area contributed by atoms with Crippen molar-refractivity contribution in [3.63, 3.8) is 0 Å². The Hall–Kier alpha value is -1.53. The first-order chi connectivity index (χ1) is 10.1. The lowest BCUT2D eigenvalue weighted by Crippen LogP contribution is -2.44. The highest BCUT2D eigenvalue weighted by Crippen LogP contribution is 2.31. The van der Waals surface area contributed by atoms with Crippen molar-refractivity contribution in [3.8, 4) is 0 Å². The molecular weight excluding hydrogens is 270 g/mol. The summed E-state index contributed by atoms with van der Waals surface area (Å²) >= 11 is 0. The molecule has 116 valence electrons. The third-order valence-electron chi connectivity index (χ3n) is 3.91. The highest BCUT2D eigenvalue weighted by molar-refractivity contribution is 5.92. The van der Waals surface area contributed by atoms with E-state index in [1.165, 1.54) is 12.4 Å². The molecule has 1 aromatic heterocycles. The van der Waals surface area contributed by atoms with Crippen LogP contribution in [0.25, 0.3) is 0 Å². The molecule has 0 N–H and O–H groups in total. The fraction of sp³-hybridized carbons (Fsp3) is 0.667. The van der Waals surface area contributed by atoms with Gasteiger partial charge in [0.2, 0.25) is 0 Å². The predicted molar refractivity (Wildman–Crippen MR) is 78.0 cm³/mol. The number of hydrogen-bond acceptors (Lipinski definition) is 5. The largest absolute Gasteiger partial charge is 0.383 e. The highest BCUT2D eigenvalue weighted by Gasteiger charge is 2.32. The Morgan fingerprint density at radius 1 is 1.43 bits per heavy atom. The van der Waals surface area contributed by atoms with Crippen molar-refractivity contribution in [1.29, 1.82) is 0 Å². The van der Waals surface area contributed by atoms with Gasteiger partial charge in [0.25, 0.3) is 5.91 Å². The second kappa shape index (κ2) is 7.47. The van der Waals surface area contributed by atoms with Crippen LogP contribution < -0.4 is 0 Å². The third-order valence-corrected chi connectivity index (χ3v) is 3.91. The standard InChI is InChI=1S/C15H23N3O3/c1-15(3-8-21-9-4-15)12-18(7-10-20-2)14(19)13-11-16-5-6-17-13/h5-6,11H,3-4,7-10,12H2,1-2H3. The monoisotopic (exact) mass is 293 g/mol. The van der Waals surface area contributed by atoms with Gasteiger partial charge >= 0.3 is 0 Å². The molecule has 1 aliphatic heterocycles. The first-order valence-electron chi connectivity index (χ1n) is 7.27. The molecule has 1 aliphatic rings. The second-order valence-electron chi connectivity index (χ2n) is 5.73. The van der Waals surface area contributed by atoms with Crippen molar-refractivity contribution < 1.29 is 14.3 Å². The third kappa shape index (κ3) is 4.47. The van der Waals surface area contributed by atoms with E-state index in [4.69, 9.17) is 9.47 Å². The molecule has 0 radical (unpaired) electrons. The normalized spacial score (nSPS) is 17.4. The average Bonchev–Trinajstić information content (AvgIpc) is 2.52. The number of aromatic nitrogens is 2. The van der Waals surface area contributed by atoms with Crippen LogP contribution in [0.5, 0.6) is 0 Å². The van der Waals surface area contributed by atoms with E-state index in [0.717, 1.165) is 26.1 Å². The summed E-state index contributed by atoms with van der Waals surface area (Å²) in [6.07, 6.45) is 6.54. The summed E-state index contributed by atoms with van der Waals surface area (Å²) in [5.74, 6) is -0.0899. The predicted octanol–water partition coefficient (Wildman–Crippen LogP) is 1.38. The van der Waals surface area contributed by atoms with Gasteiger partial charge in [-0.15, -0.1) is 0 Å². The Bertz CT molecular complexity index is 447. The highest BCUT2D eigenvalue weighted by atomic mass is 16.5. The number of carbonyl (C=O) groups is 1. The molecule has 2 heterocycles. The summed E-state index contributed by atoms with van der Waals surface area (Å²) in [4.78, 5) is 22.5. The maximum Gasteiger partial charge on any atom is 0.274 e. The Balaban J connectivity index is 2.08. The summed E-state index contributed by atoms with van der Waals surface area (Å²) in [6, 6.07) is 0. The molecule has 6 heteroatoms. The van der Waals surface area contributed by atoms with Gasteiger partial charge in [0, 0.05) is 45.8 Å². The van der Waals surface area contributed by atoms with Gasteiger partial charge in [0.05, 0.1) is 12.8 Å². The second-order valence-corrected chi connectivity index (χ2v) is 5.73. The minimum atomic E-state index is -0.0899. The van der Waals surface area contributed by atoms with Crippen LogP contribution in [0.15, 0.2) is 18.6 Å². The van der Waals surface area contributed by atoms with Gasteiger partial charge < -0.3 is 14.4 Å². The summed E-state index contributed by atoms with van der Waals surface area (Å²) in [6.45, 7) is 5.48. The van der Waals surface area contributed by atoms with Gasteiger partial charge in [-0.25, -0.2) is 4.98 Å². The lowest BCUT2D eigenvalue weighted by atomic mass is 9.82. The summed E-state index contributed by atoms with van der Waals surface area (Å²) in [7, 11) is 1.64. The van der Waals surface area contributed by atoms with Crippen LogP contribution in [0.4, 0.5) is 0 Å². The lowest BCUT2D eigenvalue weighted by Gasteiger charge is -2.38. The Labute approximate surface area is 125 Å². The molecule has 1 fully saturated rings. The molecule has 0 aromatic carbocycles. The van der Waals surface area contributed by atoms with Crippen molar-refractivity contribution in [1.82, 2.24) is 14.9 Å². The zero-order valence-electron chi connectivity index (χ0n) is 12.7. The first kappa shape index (κ1) is 15.9. The van der Waals surface area contributed by atoms with Crippen LogP contribution in [0.2, 0.25) is 0 Å². The van der Waals surface area contributed by atoms with E-state index in [0.29, 0.717) is 25.4 Å². The fourth-order valence-electron chi connectivity index (χ4n) is 2.51. The van der Waals surface area contributed by atoms with Crippen molar-refractivity contribution in [3.05, 3.63) is 24.3 Å². The van der Waals surface area contributed by atoms with E-state index < -0.39 is 0 Å². The number of ether oxygens (including phenoxy) is 2. The Morgan fingerprint density at radius 3 is 2.81 bits per heavy atom. The quantitative estimate of drug-likeness (QED) is 0.793. The van der Waals surface area contributed by atoms with Gasteiger partial charge in [-0.3, -0.25) is 9.78 Å². The zero-order valence-corrected chi connectivity index (χ0v) is 12.7. The molecule has 0 spiro atoms. The van der Waals surface area contributed by atoms with Crippen molar-refractivity contribution >= 4 is 5.91 Å². The Kier molecular flexibility index (Phi) is 5.64. The van der Waals surface area contributed by atoms with E-state index in [1.54, 1.807) is 13.3 Å². The molecule has 0 atom stereocenters. The Morgan fingerprint density at radius 2 is 2.19 bits per heavy atom. The molecule has 1 aromatic rings. The van der Waals surface area contributed by atoms with Gasteiger partial charge in [-0.1, -0.05) is 6.92 Å². The SMILES string of the molecule is COCCN(CC1(C)CCOCC1)C(=O)c1cnccn1. The van der Waals surface area contributed by atoms with Crippen LogP contribution in [0, 0.1) is 5.41 Å². The van der Waals surface area contributed by atoms with Gasteiger partial charge in [0.15, 0.2) is 0 Å². The van der Waals surface area contributed by atoms with Gasteiger partial charge in [-0.2, -0.15) is 0 Å². The van der Waals surface area contributed by atoms with E-state index in [9.17, 15) is 4.79 Å². The number of carbonyl (C=O) groups excluding carboxylic acids is 1. The number of rotatable bonds is 6. The minimum Gasteiger partial charge on any atom is -0.383 e. The molecule has 1 amide bonds. The first-order valence-corrected chi connectivity index (χ1v) is 7.27. The van der Waals surface area contributed by atoms with Crippen LogP contribution in [0.1, 0.15) is 30.3 Å². The smallest absolute Gasteiger partial charge is 0.274 e. The maximum absolute atomic E-state index is 12.6. The van der Waals surface area contributed by atoms with Crippen molar-refractivity contribution in [2.45, 2.75) is 19.8 Å². The van der Waals surface area contributed by atoms with Gasteiger partial charge in [0.1, 0.15) is 5.69 Å². The summed E-state index contributed by atoms with van der Waals surface area (Å²) < 4.78 is 10.5. The molecule has 1 saturated heterocycles. The van der Waals surface area contributed by atoms with Crippen LogP contribution in [0.3, 0.4) is 0 Å². The summed E-state index contributed by atoms with van der Waals surface area (Å²) in [5.41, 5.74) is 0.466. The number of methoxy groups -OCH3 is 1. The van der Waals surface area contributed by atoms with Crippen molar-refractivity contribution in [2.24, 2.45) is 5.41 Å². The number of nitrogens with zero attached hydrogens (tertiary/aromatic N) is 3. The van der Waals surface area contributed by atoms with Crippen LogP contribution >= 0.6 is 0 Å². The van der Waals surface area contributed by atoms with E-state index in [-0.39, 0.29) is 11.3 Å². The molecule has 6 nitrogen and oxygen atoms in total. The summed E-state index contributed by atoms with van der Waals surface area (Å²) in [5, 5.41) is 0. The van der Waals surface area contributed by atoms with Gasteiger partial charge in [-0.05, 0) is 18.3 Å². The molecule has 0 bridgehead atoms. The van der Waals surface area contributed by atoms with Crippen LogP contribution in [-0.4, -0.2) is 60.8 Å². The molecule has 0 aliphatic carbocycles. The molecule has 0 unspecified atom stereocenters. The number of hydrogen-bond donors (Lipinski definition) is 0. The van der Waals surface area contributed by atoms with Crippen LogP contribution in [-0.2, 0) is 9.47 Å². The fourth-order valence-corrected chi connectivity index (χ4v) is 2.51. The number of amides is 1. The maximum atomic E-state index is 12.6. The van der Waals surface area contributed by atoms with Crippen molar-refractivity contribution in [2.75, 3.05) is 40.0 Å². The molecule has 21 heavy (non-hydrogen) atoms. The molecular formula is C15H23N3O3. The topological polar surface area (TPSA) is 64.6 Å². The van der Waals surface area contributed by atoms with E-state index in [2.05, 4.69) is 16.9 Å². The molecule has 0 saturated carbocycles. The van der Waals surface area contributed by atoms with E-state index in [1.807, 2.05) is 4.90 Å². The average molecular weight is 293 g/mol.